The summed E-state index contributed by atoms with van der Waals surface area (Å²) in [6.07, 6.45) is 0.689. The third-order valence-corrected chi connectivity index (χ3v) is 5.56. The van der Waals surface area contributed by atoms with Crippen molar-refractivity contribution in [3.63, 3.8) is 0 Å². The molecule has 2 aromatic carbocycles. The summed E-state index contributed by atoms with van der Waals surface area (Å²) in [5.41, 5.74) is 1.44. The van der Waals surface area contributed by atoms with Crippen LogP contribution in [0.25, 0.3) is 0 Å². The lowest BCUT2D eigenvalue weighted by Crippen LogP contribution is -2.37. The molecule has 0 aliphatic carbocycles. The average molecular weight is 341 g/mol. The highest BCUT2D eigenvalue weighted by molar-refractivity contribution is 8.00. The number of benzene rings is 2. The van der Waals surface area contributed by atoms with Crippen LogP contribution in [0.2, 0.25) is 0 Å². The van der Waals surface area contributed by atoms with E-state index in [-0.39, 0.29) is 17.7 Å². The van der Waals surface area contributed by atoms with Crippen molar-refractivity contribution >= 4 is 29.3 Å². The molecule has 1 aliphatic heterocycles. The molecule has 4 nitrogen and oxygen atoms in total. The lowest BCUT2D eigenvalue weighted by Gasteiger charge is -2.23. The standard InChI is InChI=1S/C19H19NO3S/c1-2-17(24-13-8-4-3-5-9-13)18(21)20-12-15(19(22)23)14-10-6-7-11-16(14)20/h3-11,15,17H,2,12H2,1H3,(H,22,23). The van der Waals surface area contributed by atoms with Crippen LogP contribution >= 0.6 is 11.8 Å². The Bertz CT molecular complexity index is 747. The fraction of sp³-hybridized carbons (Fsp3) is 0.263. The van der Waals surface area contributed by atoms with Crippen molar-refractivity contribution in [2.45, 2.75) is 29.4 Å². The summed E-state index contributed by atoms with van der Waals surface area (Å²) in [4.78, 5) is 27.2. The minimum absolute atomic E-state index is 0.0254. The molecule has 24 heavy (non-hydrogen) atoms. The van der Waals surface area contributed by atoms with Crippen LogP contribution in [-0.2, 0) is 9.59 Å². The van der Waals surface area contributed by atoms with Gasteiger partial charge in [-0.3, -0.25) is 9.59 Å². The number of carbonyl (C=O) groups is 2. The van der Waals surface area contributed by atoms with Crippen molar-refractivity contribution in [1.29, 1.82) is 0 Å². The van der Waals surface area contributed by atoms with Crippen LogP contribution in [0.15, 0.2) is 59.5 Å². The van der Waals surface area contributed by atoms with Crippen LogP contribution in [0.4, 0.5) is 5.69 Å². The largest absolute Gasteiger partial charge is 0.481 e. The van der Waals surface area contributed by atoms with E-state index in [4.69, 9.17) is 0 Å². The van der Waals surface area contributed by atoms with Gasteiger partial charge < -0.3 is 10.0 Å². The predicted octanol–water partition coefficient (Wildman–Crippen LogP) is 3.77. The molecule has 0 bridgehead atoms. The summed E-state index contributed by atoms with van der Waals surface area (Å²) in [6.45, 7) is 2.19. The third kappa shape index (κ3) is 3.17. The predicted molar refractivity (Wildman–Crippen MR) is 95.5 cm³/mol. The van der Waals surface area contributed by atoms with E-state index in [2.05, 4.69) is 0 Å². The highest BCUT2D eigenvalue weighted by Crippen LogP contribution is 2.38. The number of para-hydroxylation sites is 1. The number of rotatable bonds is 5. The summed E-state index contributed by atoms with van der Waals surface area (Å²) >= 11 is 1.53. The number of carboxylic acid groups (broad SMARTS) is 1. The van der Waals surface area contributed by atoms with E-state index in [0.29, 0.717) is 6.42 Å². The lowest BCUT2D eigenvalue weighted by molar-refractivity contribution is -0.138. The number of amides is 1. The van der Waals surface area contributed by atoms with Gasteiger partial charge in [0, 0.05) is 17.1 Å². The quantitative estimate of drug-likeness (QED) is 0.841. The zero-order valence-corrected chi connectivity index (χ0v) is 14.2. The van der Waals surface area contributed by atoms with Gasteiger partial charge in [0.05, 0.1) is 5.25 Å². The minimum atomic E-state index is -0.887. The fourth-order valence-electron chi connectivity index (χ4n) is 2.97. The monoisotopic (exact) mass is 341 g/mol. The van der Waals surface area contributed by atoms with Gasteiger partial charge >= 0.3 is 5.97 Å². The molecule has 1 heterocycles. The van der Waals surface area contributed by atoms with E-state index < -0.39 is 11.9 Å². The summed E-state index contributed by atoms with van der Waals surface area (Å²) in [5.74, 6) is -1.56. The zero-order chi connectivity index (χ0) is 17.1. The summed E-state index contributed by atoms with van der Waals surface area (Å²) < 4.78 is 0. The molecule has 2 atom stereocenters. The minimum Gasteiger partial charge on any atom is -0.481 e. The number of carboxylic acids is 1. The molecule has 1 N–H and O–H groups in total. The molecule has 5 heteroatoms. The smallest absolute Gasteiger partial charge is 0.312 e. The topological polar surface area (TPSA) is 57.6 Å². The molecule has 1 amide bonds. The Labute approximate surface area is 145 Å². The van der Waals surface area contributed by atoms with Crippen molar-refractivity contribution in [3.8, 4) is 0 Å². The Morgan fingerprint density at radius 3 is 2.50 bits per heavy atom. The van der Waals surface area contributed by atoms with Crippen LogP contribution in [0.1, 0.15) is 24.8 Å². The highest BCUT2D eigenvalue weighted by Gasteiger charge is 2.38. The van der Waals surface area contributed by atoms with Crippen LogP contribution in [-0.4, -0.2) is 28.8 Å². The number of nitrogens with zero attached hydrogens (tertiary/aromatic N) is 1. The van der Waals surface area contributed by atoms with Crippen molar-refractivity contribution in [3.05, 3.63) is 60.2 Å². The maximum atomic E-state index is 13.0. The third-order valence-electron chi connectivity index (χ3n) is 4.20. The molecule has 0 fully saturated rings. The molecule has 124 valence electrons. The van der Waals surface area contributed by atoms with Crippen molar-refractivity contribution < 1.29 is 14.7 Å². The second kappa shape index (κ2) is 7.09. The second-order valence-electron chi connectivity index (χ2n) is 5.73. The van der Waals surface area contributed by atoms with Crippen molar-refractivity contribution in [1.82, 2.24) is 0 Å². The van der Waals surface area contributed by atoms with E-state index in [1.807, 2.05) is 55.5 Å². The number of fused-ring (bicyclic) bond motifs is 1. The molecule has 0 saturated heterocycles. The summed E-state index contributed by atoms with van der Waals surface area (Å²) in [6, 6.07) is 17.1. The van der Waals surface area contributed by atoms with E-state index in [1.165, 1.54) is 11.8 Å². The van der Waals surface area contributed by atoms with Gasteiger partial charge in [-0.1, -0.05) is 43.3 Å². The first-order chi connectivity index (χ1) is 11.6. The second-order valence-corrected chi connectivity index (χ2v) is 7.00. The van der Waals surface area contributed by atoms with Crippen molar-refractivity contribution in [2.75, 3.05) is 11.4 Å². The SMILES string of the molecule is CCC(Sc1ccccc1)C(=O)N1CC(C(=O)O)c2ccccc21. The molecule has 0 aromatic heterocycles. The summed E-state index contributed by atoms with van der Waals surface area (Å²) in [7, 11) is 0. The zero-order valence-electron chi connectivity index (χ0n) is 13.4. The van der Waals surface area contributed by atoms with Gasteiger partial charge in [-0.15, -0.1) is 11.8 Å². The fourth-order valence-corrected chi connectivity index (χ4v) is 4.01. The highest BCUT2D eigenvalue weighted by atomic mass is 32.2. The van der Waals surface area contributed by atoms with Crippen LogP contribution in [0.5, 0.6) is 0 Å². The number of aliphatic carboxylic acids is 1. The number of thioether (sulfide) groups is 1. The Morgan fingerprint density at radius 1 is 1.17 bits per heavy atom. The van der Waals surface area contributed by atoms with E-state index in [1.54, 1.807) is 11.0 Å². The molecule has 0 spiro atoms. The lowest BCUT2D eigenvalue weighted by atomic mass is 10.0. The van der Waals surface area contributed by atoms with Gasteiger partial charge in [0.1, 0.15) is 5.92 Å². The maximum Gasteiger partial charge on any atom is 0.312 e. The van der Waals surface area contributed by atoms with Gasteiger partial charge in [-0.25, -0.2) is 0 Å². The first kappa shape index (κ1) is 16.6. The molecule has 0 radical (unpaired) electrons. The molecule has 3 rings (SSSR count). The van der Waals surface area contributed by atoms with Gasteiger partial charge in [0.2, 0.25) is 5.91 Å². The molecule has 1 aliphatic rings. The Morgan fingerprint density at radius 2 is 1.83 bits per heavy atom. The molecular formula is C19H19NO3S. The van der Waals surface area contributed by atoms with E-state index in [9.17, 15) is 14.7 Å². The number of hydrogen-bond donors (Lipinski definition) is 1. The van der Waals surface area contributed by atoms with E-state index in [0.717, 1.165) is 16.1 Å². The summed E-state index contributed by atoms with van der Waals surface area (Å²) in [5, 5.41) is 9.22. The first-order valence-corrected chi connectivity index (χ1v) is 8.84. The maximum absolute atomic E-state index is 13.0. The number of anilines is 1. The van der Waals surface area contributed by atoms with E-state index >= 15 is 0 Å². The van der Waals surface area contributed by atoms with Crippen molar-refractivity contribution in [2.24, 2.45) is 0 Å². The Kier molecular flexibility index (Phi) is 4.90. The number of carbonyl (C=O) groups excluding carboxylic acids is 1. The van der Waals surface area contributed by atoms with Gasteiger partial charge in [0.15, 0.2) is 0 Å². The van der Waals surface area contributed by atoms with Crippen LogP contribution in [0.3, 0.4) is 0 Å². The molecule has 0 saturated carbocycles. The Balaban J connectivity index is 1.85. The normalized spacial score (nSPS) is 17.4. The van der Waals surface area contributed by atoms with Gasteiger partial charge in [-0.2, -0.15) is 0 Å². The first-order valence-electron chi connectivity index (χ1n) is 7.96. The molecule has 2 aromatic rings. The molecular weight excluding hydrogens is 322 g/mol. The Hall–Kier alpha value is -2.27. The van der Waals surface area contributed by atoms with Gasteiger partial charge in [-0.05, 0) is 30.2 Å². The molecule has 2 unspecified atom stereocenters. The average Bonchev–Trinajstić information content (AvgIpc) is 3.00. The van der Waals surface area contributed by atoms with Gasteiger partial charge in [0.25, 0.3) is 0 Å². The number of hydrogen-bond acceptors (Lipinski definition) is 3. The van der Waals surface area contributed by atoms with Crippen LogP contribution < -0.4 is 4.90 Å². The van der Waals surface area contributed by atoms with Crippen LogP contribution in [0, 0.1) is 0 Å².